The largest absolute Gasteiger partial charge is 0.341 e. The summed E-state index contributed by atoms with van der Waals surface area (Å²) >= 11 is 1.34. The molecule has 2 aromatic carbocycles. The first-order valence-corrected chi connectivity index (χ1v) is 8.56. The van der Waals surface area contributed by atoms with Gasteiger partial charge in [0.1, 0.15) is 11.6 Å². The van der Waals surface area contributed by atoms with Crippen LogP contribution >= 0.6 is 11.8 Å². The Labute approximate surface area is 148 Å². The van der Waals surface area contributed by atoms with E-state index in [0.29, 0.717) is 0 Å². The Balaban J connectivity index is 1.64. The minimum Gasteiger partial charge on any atom is -0.341 e. The molecule has 1 N–H and O–H groups in total. The fourth-order valence-corrected chi connectivity index (χ4v) is 3.64. The molecule has 1 heterocycles. The first-order chi connectivity index (χ1) is 11.9. The van der Waals surface area contributed by atoms with Crippen LogP contribution in [0.2, 0.25) is 0 Å². The minimum atomic E-state index is -0.696. The quantitative estimate of drug-likeness (QED) is 0.907. The summed E-state index contributed by atoms with van der Waals surface area (Å²) in [4.78, 5) is 26.8. The molecule has 25 heavy (non-hydrogen) atoms. The molecule has 0 fully saturated rings. The Morgan fingerprint density at radius 1 is 1.24 bits per heavy atom. The smallest absolute Gasteiger partial charge is 0.238 e. The normalized spacial score (nSPS) is 16.1. The molecule has 2 amide bonds. The van der Waals surface area contributed by atoms with Crippen LogP contribution in [0.3, 0.4) is 0 Å². The van der Waals surface area contributed by atoms with Crippen LogP contribution in [0.4, 0.5) is 14.5 Å². The van der Waals surface area contributed by atoms with E-state index >= 15 is 0 Å². The van der Waals surface area contributed by atoms with E-state index in [0.717, 1.165) is 22.7 Å². The van der Waals surface area contributed by atoms with Crippen LogP contribution in [-0.4, -0.2) is 29.0 Å². The fraction of sp³-hybridized carbons (Fsp3) is 0.222. The highest BCUT2D eigenvalue weighted by atomic mass is 32.2. The van der Waals surface area contributed by atoms with E-state index in [4.69, 9.17) is 0 Å². The van der Waals surface area contributed by atoms with E-state index in [-0.39, 0.29) is 30.3 Å². The first-order valence-electron chi connectivity index (χ1n) is 7.68. The zero-order chi connectivity index (χ0) is 18.0. The Bertz CT molecular complexity index is 828. The van der Waals surface area contributed by atoms with E-state index < -0.39 is 16.9 Å². The third-order valence-corrected chi connectivity index (χ3v) is 5.19. The van der Waals surface area contributed by atoms with E-state index in [9.17, 15) is 18.4 Å². The van der Waals surface area contributed by atoms with Crippen molar-refractivity contribution in [2.24, 2.45) is 0 Å². The number of halogens is 2. The molecule has 1 aliphatic rings. The van der Waals surface area contributed by atoms with Gasteiger partial charge >= 0.3 is 0 Å². The van der Waals surface area contributed by atoms with Crippen molar-refractivity contribution >= 4 is 29.3 Å². The number of thioether (sulfide) groups is 1. The number of fused-ring (bicyclic) bond motifs is 1. The number of nitrogens with one attached hydrogen (secondary N) is 1. The van der Waals surface area contributed by atoms with Gasteiger partial charge in [0.2, 0.25) is 11.8 Å². The van der Waals surface area contributed by atoms with Gasteiger partial charge in [-0.1, -0.05) is 18.2 Å². The molecule has 0 radical (unpaired) electrons. The third-order valence-electron chi connectivity index (χ3n) is 3.91. The summed E-state index contributed by atoms with van der Waals surface area (Å²) < 4.78 is 26.7. The molecule has 2 aromatic rings. The Morgan fingerprint density at radius 2 is 2.00 bits per heavy atom. The molecule has 0 aromatic heterocycles. The molecule has 0 aliphatic carbocycles. The molecule has 0 saturated heterocycles. The molecule has 1 atom stereocenters. The second kappa shape index (κ2) is 7.23. The van der Waals surface area contributed by atoms with Crippen LogP contribution in [0, 0.1) is 11.6 Å². The summed E-state index contributed by atoms with van der Waals surface area (Å²) in [5, 5.41) is 2.25. The lowest BCUT2D eigenvalue weighted by Gasteiger charge is -2.25. The first kappa shape index (κ1) is 17.4. The van der Waals surface area contributed by atoms with Crippen molar-refractivity contribution in [2.75, 3.05) is 12.4 Å². The summed E-state index contributed by atoms with van der Waals surface area (Å²) in [7, 11) is 1.53. The highest BCUT2D eigenvalue weighted by molar-refractivity contribution is 8.01. The van der Waals surface area contributed by atoms with Crippen LogP contribution in [0.15, 0.2) is 47.4 Å². The second-order valence-electron chi connectivity index (χ2n) is 5.78. The summed E-state index contributed by atoms with van der Waals surface area (Å²) in [6, 6.07) is 10.6. The van der Waals surface area contributed by atoms with E-state index in [1.54, 1.807) is 0 Å². The van der Waals surface area contributed by atoms with Crippen molar-refractivity contribution in [3.8, 4) is 0 Å². The highest BCUT2D eigenvalue weighted by Gasteiger charge is 2.29. The number of hydrogen-bond acceptors (Lipinski definition) is 3. The van der Waals surface area contributed by atoms with Crippen molar-refractivity contribution in [3.63, 3.8) is 0 Å². The SMILES string of the molecule is CN(Cc1ccc(F)cc1F)C(=O)CC1Sc2ccccc2NC1=O. The van der Waals surface area contributed by atoms with Crippen molar-refractivity contribution in [3.05, 3.63) is 59.7 Å². The average molecular weight is 362 g/mol. The van der Waals surface area contributed by atoms with Crippen molar-refractivity contribution in [2.45, 2.75) is 23.1 Å². The maximum atomic E-state index is 13.7. The number of benzene rings is 2. The standard InChI is InChI=1S/C18H16F2N2O2S/c1-22(10-11-6-7-12(19)8-13(11)20)17(23)9-16-18(24)21-14-4-2-3-5-15(14)25-16/h2-8,16H,9-10H2,1H3,(H,21,24). The number of hydrogen-bond donors (Lipinski definition) is 1. The van der Waals surface area contributed by atoms with Crippen LogP contribution in [0.5, 0.6) is 0 Å². The van der Waals surface area contributed by atoms with Gasteiger partial charge in [-0.25, -0.2) is 8.78 Å². The molecule has 7 heteroatoms. The van der Waals surface area contributed by atoms with Gasteiger partial charge in [0.25, 0.3) is 0 Å². The second-order valence-corrected chi connectivity index (χ2v) is 7.03. The van der Waals surface area contributed by atoms with Crippen LogP contribution < -0.4 is 5.32 Å². The van der Waals surface area contributed by atoms with Gasteiger partial charge in [-0.15, -0.1) is 11.8 Å². The summed E-state index contributed by atoms with van der Waals surface area (Å²) in [6.07, 6.45) is 0.00412. The maximum Gasteiger partial charge on any atom is 0.238 e. The predicted molar refractivity (Wildman–Crippen MR) is 92.2 cm³/mol. The molecular formula is C18H16F2N2O2S. The Morgan fingerprint density at radius 3 is 2.76 bits per heavy atom. The lowest BCUT2D eigenvalue weighted by atomic mass is 10.2. The monoisotopic (exact) mass is 362 g/mol. The molecule has 3 rings (SSSR count). The number of carbonyl (C=O) groups excluding carboxylic acids is 2. The van der Waals surface area contributed by atoms with Crippen LogP contribution in [0.1, 0.15) is 12.0 Å². The van der Waals surface area contributed by atoms with Gasteiger partial charge in [0.15, 0.2) is 0 Å². The van der Waals surface area contributed by atoms with Gasteiger partial charge in [-0.05, 0) is 18.2 Å². The van der Waals surface area contributed by atoms with Gasteiger partial charge in [-0.2, -0.15) is 0 Å². The molecule has 0 saturated carbocycles. The topological polar surface area (TPSA) is 49.4 Å². The molecule has 130 valence electrons. The zero-order valence-corrected chi connectivity index (χ0v) is 14.3. The van der Waals surface area contributed by atoms with Crippen molar-refractivity contribution in [1.29, 1.82) is 0 Å². The lowest BCUT2D eigenvalue weighted by Crippen LogP contribution is -2.35. The third kappa shape index (κ3) is 3.99. The number of amides is 2. The van der Waals surface area contributed by atoms with Gasteiger partial charge in [0.05, 0.1) is 10.9 Å². The van der Waals surface area contributed by atoms with Gasteiger partial charge in [-0.3, -0.25) is 9.59 Å². The lowest BCUT2D eigenvalue weighted by molar-refractivity contribution is -0.131. The van der Waals surface area contributed by atoms with Crippen molar-refractivity contribution in [1.82, 2.24) is 4.90 Å². The van der Waals surface area contributed by atoms with Gasteiger partial charge in [0, 0.05) is 36.5 Å². The van der Waals surface area contributed by atoms with Gasteiger partial charge < -0.3 is 10.2 Å². The molecule has 1 unspecified atom stereocenters. The Kier molecular flexibility index (Phi) is 5.03. The number of carbonyl (C=O) groups is 2. The number of rotatable bonds is 4. The van der Waals surface area contributed by atoms with Crippen LogP contribution in [0.25, 0.3) is 0 Å². The summed E-state index contributed by atoms with van der Waals surface area (Å²) in [5.41, 5.74) is 0.964. The van der Waals surface area contributed by atoms with E-state index in [2.05, 4.69) is 5.32 Å². The molecule has 4 nitrogen and oxygen atoms in total. The average Bonchev–Trinajstić information content (AvgIpc) is 2.58. The minimum absolute atomic E-state index is 0.00412. The number of para-hydroxylation sites is 1. The summed E-state index contributed by atoms with van der Waals surface area (Å²) in [6.45, 7) is 0.0144. The molecule has 1 aliphatic heterocycles. The summed E-state index contributed by atoms with van der Waals surface area (Å²) in [5.74, 6) is -1.86. The molecule has 0 spiro atoms. The van der Waals surface area contributed by atoms with E-state index in [1.165, 1.54) is 29.8 Å². The maximum absolute atomic E-state index is 13.7. The number of nitrogens with zero attached hydrogens (tertiary/aromatic N) is 1. The van der Waals surface area contributed by atoms with E-state index in [1.807, 2.05) is 24.3 Å². The van der Waals surface area contributed by atoms with Crippen LogP contribution in [-0.2, 0) is 16.1 Å². The predicted octanol–water partition coefficient (Wildman–Crippen LogP) is 3.43. The highest BCUT2D eigenvalue weighted by Crippen LogP contribution is 2.36. The fourth-order valence-electron chi connectivity index (χ4n) is 2.54. The Hall–Kier alpha value is -2.41. The zero-order valence-electron chi connectivity index (χ0n) is 13.5. The molecule has 0 bridgehead atoms. The van der Waals surface area contributed by atoms with Crippen molar-refractivity contribution < 1.29 is 18.4 Å². The molecular weight excluding hydrogens is 346 g/mol. The number of anilines is 1.